The minimum atomic E-state index is -1.32. The standard InChI is InChI=1S/C17H24ClN3O6/c1-4-5-6-7-26-17(25)20-14-11(9(2)18)8-21(16(24)19-14)15-13(23)12(22)10(3)27-15/h8,10,12-13,15,22-23H,2,4-7H2,1,3H3,(H,19,20,24,25)/t10-,12?,13?,15-/m1/s1. The number of nitrogens with one attached hydrogen (secondary N) is 1. The van der Waals surface area contributed by atoms with Gasteiger partial charge in [0.25, 0.3) is 0 Å². The summed E-state index contributed by atoms with van der Waals surface area (Å²) < 4.78 is 11.4. The minimum absolute atomic E-state index is 0.0126. The summed E-state index contributed by atoms with van der Waals surface area (Å²) in [4.78, 5) is 28.0. The average Bonchev–Trinajstić information content (AvgIpc) is 2.86. The highest BCUT2D eigenvalue weighted by atomic mass is 35.5. The summed E-state index contributed by atoms with van der Waals surface area (Å²) in [5, 5.41) is 22.3. The smallest absolute Gasteiger partial charge is 0.412 e. The number of amides is 1. The summed E-state index contributed by atoms with van der Waals surface area (Å²) in [5.41, 5.74) is -0.644. The van der Waals surface area contributed by atoms with Gasteiger partial charge in [-0.15, -0.1) is 0 Å². The Morgan fingerprint density at radius 3 is 2.70 bits per heavy atom. The Labute approximate surface area is 161 Å². The topological polar surface area (TPSA) is 123 Å². The van der Waals surface area contributed by atoms with Crippen molar-refractivity contribution in [3.05, 3.63) is 28.8 Å². The zero-order valence-corrected chi connectivity index (χ0v) is 16.0. The molecule has 1 fully saturated rings. The maximum Gasteiger partial charge on any atom is 0.412 e. The van der Waals surface area contributed by atoms with Gasteiger partial charge < -0.3 is 19.7 Å². The fourth-order valence-electron chi connectivity index (χ4n) is 2.65. The fraction of sp³-hybridized carbons (Fsp3) is 0.588. The van der Waals surface area contributed by atoms with E-state index in [1.54, 1.807) is 6.92 Å². The third kappa shape index (κ3) is 5.07. The molecule has 1 aliphatic rings. The Morgan fingerprint density at radius 1 is 1.44 bits per heavy atom. The first-order chi connectivity index (χ1) is 12.8. The van der Waals surface area contributed by atoms with Crippen LogP contribution < -0.4 is 11.0 Å². The van der Waals surface area contributed by atoms with Crippen molar-refractivity contribution < 1.29 is 24.5 Å². The van der Waals surface area contributed by atoms with Gasteiger partial charge in [0.2, 0.25) is 0 Å². The number of nitrogens with zero attached hydrogens (tertiary/aromatic N) is 2. The van der Waals surface area contributed by atoms with Crippen LogP contribution in [0.25, 0.3) is 5.03 Å². The first kappa shape index (κ1) is 21.4. The number of aliphatic hydroxyl groups excluding tert-OH is 2. The molecule has 1 aromatic heterocycles. The van der Waals surface area contributed by atoms with Gasteiger partial charge in [0.05, 0.1) is 18.3 Å². The number of rotatable bonds is 7. The maximum atomic E-state index is 12.4. The molecule has 0 saturated carbocycles. The second kappa shape index (κ2) is 9.32. The van der Waals surface area contributed by atoms with Crippen LogP contribution in [0.5, 0.6) is 0 Å². The number of ether oxygens (including phenoxy) is 2. The lowest BCUT2D eigenvalue weighted by atomic mass is 10.1. The molecule has 1 aromatic rings. The van der Waals surface area contributed by atoms with Crippen LogP contribution in [-0.4, -0.2) is 50.8 Å². The molecule has 0 spiro atoms. The van der Waals surface area contributed by atoms with Crippen molar-refractivity contribution in [2.75, 3.05) is 11.9 Å². The highest BCUT2D eigenvalue weighted by molar-refractivity contribution is 6.48. The van der Waals surface area contributed by atoms with E-state index in [0.29, 0.717) is 0 Å². The van der Waals surface area contributed by atoms with Crippen molar-refractivity contribution in [1.82, 2.24) is 9.55 Å². The average molecular weight is 402 g/mol. The Hall–Kier alpha value is -1.94. The van der Waals surface area contributed by atoms with Crippen molar-refractivity contribution in [3.63, 3.8) is 0 Å². The van der Waals surface area contributed by atoms with Gasteiger partial charge in [0.1, 0.15) is 12.2 Å². The maximum absolute atomic E-state index is 12.4. The first-order valence-electron chi connectivity index (χ1n) is 8.69. The van der Waals surface area contributed by atoms with E-state index in [1.807, 2.05) is 6.92 Å². The predicted octanol–water partition coefficient (Wildman–Crippen LogP) is 1.83. The fourth-order valence-corrected chi connectivity index (χ4v) is 2.79. The van der Waals surface area contributed by atoms with Crippen LogP contribution in [0.15, 0.2) is 17.6 Å². The number of aliphatic hydroxyl groups is 2. The van der Waals surface area contributed by atoms with E-state index < -0.39 is 36.3 Å². The molecule has 1 saturated heterocycles. The third-order valence-corrected chi connectivity index (χ3v) is 4.40. The lowest BCUT2D eigenvalue weighted by Crippen LogP contribution is -2.36. The monoisotopic (exact) mass is 401 g/mol. The van der Waals surface area contributed by atoms with E-state index >= 15 is 0 Å². The quantitative estimate of drug-likeness (QED) is 0.595. The van der Waals surface area contributed by atoms with Gasteiger partial charge in [-0.05, 0) is 13.3 Å². The number of carbonyl (C=O) groups excluding carboxylic acids is 1. The van der Waals surface area contributed by atoms with Crippen LogP contribution in [0, 0.1) is 0 Å². The van der Waals surface area contributed by atoms with Crippen molar-refractivity contribution in [1.29, 1.82) is 0 Å². The molecule has 10 heteroatoms. The van der Waals surface area contributed by atoms with Crippen molar-refractivity contribution in [3.8, 4) is 0 Å². The summed E-state index contributed by atoms with van der Waals surface area (Å²) in [5.74, 6) is -0.113. The number of hydrogen-bond acceptors (Lipinski definition) is 7. The van der Waals surface area contributed by atoms with Crippen LogP contribution in [-0.2, 0) is 9.47 Å². The predicted molar refractivity (Wildman–Crippen MR) is 99.5 cm³/mol. The largest absolute Gasteiger partial charge is 0.449 e. The molecular formula is C17H24ClN3O6. The Balaban J connectivity index is 2.23. The van der Waals surface area contributed by atoms with E-state index in [0.717, 1.165) is 23.8 Å². The Morgan fingerprint density at radius 2 is 2.15 bits per heavy atom. The molecular weight excluding hydrogens is 378 g/mol. The van der Waals surface area contributed by atoms with Gasteiger partial charge in [-0.3, -0.25) is 9.88 Å². The van der Waals surface area contributed by atoms with E-state index in [-0.39, 0.29) is 23.0 Å². The minimum Gasteiger partial charge on any atom is -0.449 e. The normalized spacial score (nSPS) is 24.6. The van der Waals surface area contributed by atoms with E-state index in [2.05, 4.69) is 16.9 Å². The summed E-state index contributed by atoms with van der Waals surface area (Å²) in [7, 11) is 0. The van der Waals surface area contributed by atoms with Gasteiger partial charge in [-0.1, -0.05) is 37.9 Å². The van der Waals surface area contributed by atoms with Gasteiger partial charge in [0.15, 0.2) is 12.0 Å². The van der Waals surface area contributed by atoms with Crippen molar-refractivity contribution in [2.24, 2.45) is 0 Å². The molecule has 2 heterocycles. The van der Waals surface area contributed by atoms with E-state index in [9.17, 15) is 19.8 Å². The second-order valence-electron chi connectivity index (χ2n) is 6.28. The number of unbranched alkanes of at least 4 members (excludes halogenated alkanes) is 2. The summed E-state index contributed by atoms with van der Waals surface area (Å²) >= 11 is 5.97. The highest BCUT2D eigenvalue weighted by Gasteiger charge is 2.42. The van der Waals surface area contributed by atoms with Crippen molar-refractivity contribution in [2.45, 2.75) is 57.6 Å². The van der Waals surface area contributed by atoms with Crippen LogP contribution in [0.1, 0.15) is 44.9 Å². The zero-order chi connectivity index (χ0) is 20.1. The number of carbonyl (C=O) groups is 1. The molecule has 1 amide bonds. The second-order valence-corrected chi connectivity index (χ2v) is 6.74. The van der Waals surface area contributed by atoms with Crippen LogP contribution >= 0.6 is 11.6 Å². The molecule has 2 unspecified atom stereocenters. The van der Waals surface area contributed by atoms with Gasteiger partial charge in [-0.2, -0.15) is 4.98 Å². The molecule has 0 radical (unpaired) electrons. The lowest BCUT2D eigenvalue weighted by Gasteiger charge is -2.19. The Kier molecular flexibility index (Phi) is 7.37. The van der Waals surface area contributed by atoms with Crippen LogP contribution in [0.3, 0.4) is 0 Å². The first-order valence-corrected chi connectivity index (χ1v) is 9.07. The van der Waals surface area contributed by atoms with Gasteiger partial charge >= 0.3 is 11.8 Å². The Bertz CT molecular complexity index is 753. The third-order valence-electron chi connectivity index (χ3n) is 4.20. The number of hydrogen-bond donors (Lipinski definition) is 3. The molecule has 0 bridgehead atoms. The van der Waals surface area contributed by atoms with E-state index in [4.69, 9.17) is 21.1 Å². The molecule has 0 aromatic carbocycles. The molecule has 1 aliphatic heterocycles. The molecule has 150 valence electrons. The van der Waals surface area contributed by atoms with Gasteiger partial charge in [0, 0.05) is 11.2 Å². The molecule has 0 aliphatic carbocycles. The molecule has 3 N–H and O–H groups in total. The molecule has 4 atom stereocenters. The highest BCUT2D eigenvalue weighted by Crippen LogP contribution is 2.30. The number of halogens is 1. The summed E-state index contributed by atoms with van der Waals surface area (Å²) in [6.07, 6.45) is -1.14. The van der Waals surface area contributed by atoms with Crippen LogP contribution in [0.4, 0.5) is 10.6 Å². The molecule has 2 rings (SSSR count). The van der Waals surface area contributed by atoms with Gasteiger partial charge in [-0.25, -0.2) is 9.59 Å². The van der Waals surface area contributed by atoms with E-state index in [1.165, 1.54) is 6.20 Å². The summed E-state index contributed by atoms with van der Waals surface area (Å²) in [6, 6.07) is 0. The molecule has 27 heavy (non-hydrogen) atoms. The number of aromatic nitrogens is 2. The van der Waals surface area contributed by atoms with Crippen LogP contribution in [0.2, 0.25) is 0 Å². The SMILES string of the molecule is C=C(Cl)c1cn([C@@H]2O[C@H](C)C(O)C2O)c(=O)nc1NC(=O)OCCCCC. The zero-order valence-electron chi connectivity index (χ0n) is 15.2. The summed E-state index contributed by atoms with van der Waals surface area (Å²) in [6.45, 7) is 7.43. The van der Waals surface area contributed by atoms with Crippen molar-refractivity contribution >= 4 is 28.5 Å². The lowest BCUT2D eigenvalue weighted by molar-refractivity contribution is -0.0350. The number of anilines is 1. The molecule has 9 nitrogen and oxygen atoms in total.